The third-order valence-electron chi connectivity index (χ3n) is 0. The fraction of sp³-hybridized carbons (Fsp3) is 0. The third-order valence-corrected chi connectivity index (χ3v) is 0. The second-order valence-corrected chi connectivity index (χ2v) is 9.98. The molecule has 0 rings (SSSR count). The number of rotatable bonds is 0. The minimum absolute atomic E-state index is 0.208. The van der Waals surface area contributed by atoms with E-state index in [1.165, 1.54) is 0 Å². The van der Waals surface area contributed by atoms with Gasteiger partial charge in [0.05, 0.1) is 0 Å². The van der Waals surface area contributed by atoms with E-state index in [-0.39, 0.29) is 14.5 Å². The summed E-state index contributed by atoms with van der Waals surface area (Å²) in [6, 6.07) is 0. The third kappa shape index (κ3) is 178. The maximum absolute atomic E-state index is 8.00. The number of carbonyl (C=O) groups excluding carboxylic acids is 2. The molecule has 0 saturated carbocycles. The van der Waals surface area contributed by atoms with E-state index in [1.54, 1.807) is 0 Å². The zero-order chi connectivity index (χ0) is 6.71. The van der Waals surface area contributed by atoms with Gasteiger partial charge in [-0.15, -0.1) is 0 Å². The standard InChI is InChI=1S/2CH2O.2BrH.Pt/c2*1-2;;;/h2*1H2;2*1H;/q;;;;+2/p-2. The number of hydrogen-bond acceptors (Lipinski definition) is 2. The van der Waals surface area contributed by atoms with Gasteiger partial charge in [0.25, 0.3) is 0 Å². The van der Waals surface area contributed by atoms with Crippen LogP contribution >= 0.6 is 26.6 Å². The maximum atomic E-state index is 8.00. The van der Waals surface area contributed by atoms with Crippen LogP contribution in [0.5, 0.6) is 0 Å². The topological polar surface area (TPSA) is 34.1 Å². The van der Waals surface area contributed by atoms with Gasteiger partial charge in [-0.05, 0) is 0 Å². The molecule has 5 heteroatoms. The fourth-order valence-corrected chi connectivity index (χ4v) is 0. The van der Waals surface area contributed by atoms with Gasteiger partial charge < -0.3 is 9.59 Å². The molecule has 0 aromatic carbocycles. The fourth-order valence-electron chi connectivity index (χ4n) is 0. The van der Waals surface area contributed by atoms with Crippen LogP contribution in [-0.2, 0) is 24.0 Å². The average Bonchev–Trinajstić information content (AvgIpc) is 1.78. The van der Waals surface area contributed by atoms with Gasteiger partial charge in [0.15, 0.2) is 0 Å². The van der Waals surface area contributed by atoms with Crippen molar-refractivity contribution in [3.05, 3.63) is 0 Å². The Hall–Kier alpha value is 0.988. The molecule has 2 nitrogen and oxygen atoms in total. The van der Waals surface area contributed by atoms with Crippen molar-refractivity contribution in [2.24, 2.45) is 0 Å². The van der Waals surface area contributed by atoms with Crippen LogP contribution in [0.25, 0.3) is 0 Å². The number of carbonyl (C=O) groups is 2. The zero-order valence-electron chi connectivity index (χ0n) is 3.30. The van der Waals surface area contributed by atoms with Crippen molar-refractivity contribution in [3.8, 4) is 0 Å². The zero-order valence-corrected chi connectivity index (χ0v) is 8.75. The van der Waals surface area contributed by atoms with Gasteiger partial charge in [0, 0.05) is 0 Å². The normalized spacial score (nSPS) is 4.29. The summed E-state index contributed by atoms with van der Waals surface area (Å²) in [6.45, 7) is 4.00. The molecular weight excluding hydrogens is 411 g/mol. The predicted octanol–water partition coefficient (Wildman–Crippen LogP) is 1.32. The summed E-state index contributed by atoms with van der Waals surface area (Å²) < 4.78 is 0. The van der Waals surface area contributed by atoms with Crippen molar-refractivity contribution in [3.63, 3.8) is 0 Å². The Kier molecular flexibility index (Phi) is 142. The van der Waals surface area contributed by atoms with Crippen molar-refractivity contribution in [2.75, 3.05) is 0 Å². The van der Waals surface area contributed by atoms with E-state index >= 15 is 0 Å². The van der Waals surface area contributed by atoms with Gasteiger partial charge in [-0.3, -0.25) is 0 Å². The van der Waals surface area contributed by atoms with Crippen LogP contribution in [0.3, 0.4) is 0 Å². The van der Waals surface area contributed by atoms with Crippen LogP contribution in [-0.4, -0.2) is 13.6 Å². The molecule has 0 amide bonds. The molecule has 0 N–H and O–H groups in total. The van der Waals surface area contributed by atoms with Gasteiger partial charge in [0.1, 0.15) is 13.6 Å². The van der Waals surface area contributed by atoms with Crippen LogP contribution < -0.4 is 0 Å². The summed E-state index contributed by atoms with van der Waals surface area (Å²) in [4.78, 5) is 16.0. The molecule has 0 aromatic heterocycles. The Morgan fingerprint density at radius 1 is 1.00 bits per heavy atom. The summed E-state index contributed by atoms with van der Waals surface area (Å²) in [5.41, 5.74) is 0. The minimum atomic E-state index is 0.208. The van der Waals surface area contributed by atoms with Crippen molar-refractivity contribution in [1.29, 1.82) is 0 Å². The van der Waals surface area contributed by atoms with Crippen LogP contribution in [0.15, 0.2) is 0 Å². The summed E-state index contributed by atoms with van der Waals surface area (Å²) in [7, 11) is 0. The second-order valence-electron chi connectivity index (χ2n) is 0.0452. The molecule has 0 fully saturated rings. The van der Waals surface area contributed by atoms with E-state index in [4.69, 9.17) is 9.59 Å². The van der Waals surface area contributed by atoms with E-state index in [0.717, 1.165) is 0 Å². The van der Waals surface area contributed by atoms with Gasteiger partial charge in [-0.25, -0.2) is 0 Å². The Morgan fingerprint density at radius 3 is 1.00 bits per heavy atom. The first-order valence-electron chi connectivity index (χ1n) is 0.816. The van der Waals surface area contributed by atoms with E-state index < -0.39 is 0 Å². The Balaban J connectivity index is -0.0000000360. The van der Waals surface area contributed by atoms with Crippen molar-refractivity contribution in [1.82, 2.24) is 0 Å². The van der Waals surface area contributed by atoms with Crippen LogP contribution in [0.2, 0.25) is 0 Å². The molecule has 0 aliphatic rings. The summed E-state index contributed by atoms with van der Waals surface area (Å²) >= 11 is 6.56. The first kappa shape index (κ1) is 15.7. The molecule has 48 valence electrons. The van der Waals surface area contributed by atoms with E-state index in [2.05, 4.69) is 26.6 Å². The van der Waals surface area contributed by atoms with E-state index in [1.807, 2.05) is 13.6 Å². The Morgan fingerprint density at radius 2 is 1.00 bits per heavy atom. The molecule has 0 aliphatic heterocycles. The number of hydrogen-bond donors (Lipinski definition) is 0. The van der Waals surface area contributed by atoms with Crippen LogP contribution in [0.1, 0.15) is 0 Å². The SMILES string of the molecule is C=O.C=O.[Br][Pt][Br]. The Bertz CT molecular complexity index is 21.2. The summed E-state index contributed by atoms with van der Waals surface area (Å²) in [6.07, 6.45) is 0. The molecule has 0 unspecified atom stereocenters. The first-order chi connectivity index (χ1) is 3.41. The van der Waals surface area contributed by atoms with Crippen molar-refractivity contribution < 1.29 is 24.0 Å². The second kappa shape index (κ2) is 63.4. The molecular formula is C2H4Br2O2Pt. The number of halogens is 2. The monoisotopic (exact) mass is 413 g/mol. The molecule has 0 saturated heterocycles. The van der Waals surface area contributed by atoms with Gasteiger partial charge in [-0.2, -0.15) is 0 Å². The van der Waals surface area contributed by atoms with Crippen LogP contribution in [0, 0.1) is 0 Å². The summed E-state index contributed by atoms with van der Waals surface area (Å²) in [5.74, 6) is 0. The molecule has 0 aromatic rings. The van der Waals surface area contributed by atoms with E-state index in [9.17, 15) is 0 Å². The molecule has 0 radical (unpaired) electrons. The Labute approximate surface area is 63.9 Å². The van der Waals surface area contributed by atoms with Gasteiger partial charge in [0.2, 0.25) is 0 Å². The van der Waals surface area contributed by atoms with Gasteiger partial charge in [-0.1, -0.05) is 0 Å². The van der Waals surface area contributed by atoms with Crippen molar-refractivity contribution >= 4 is 40.2 Å². The van der Waals surface area contributed by atoms with E-state index in [0.29, 0.717) is 0 Å². The predicted molar refractivity (Wildman–Crippen MR) is 32.1 cm³/mol. The first-order valence-corrected chi connectivity index (χ1v) is 10.7. The molecule has 0 spiro atoms. The van der Waals surface area contributed by atoms with Gasteiger partial charge >= 0.3 is 41.0 Å². The van der Waals surface area contributed by atoms with Crippen LogP contribution in [0.4, 0.5) is 0 Å². The molecule has 0 bridgehead atoms. The summed E-state index contributed by atoms with van der Waals surface area (Å²) in [5, 5.41) is 0. The van der Waals surface area contributed by atoms with Crippen molar-refractivity contribution in [2.45, 2.75) is 0 Å². The molecule has 0 aliphatic carbocycles. The molecule has 0 atom stereocenters. The average molecular weight is 415 g/mol. The molecule has 0 heterocycles. The quantitative estimate of drug-likeness (QED) is 0.599. The molecule has 7 heavy (non-hydrogen) atoms.